The van der Waals surface area contributed by atoms with Crippen LogP contribution in [-0.4, -0.2) is 15.9 Å². The molecule has 82 valence electrons. The third kappa shape index (κ3) is 2.17. The fourth-order valence-electron chi connectivity index (χ4n) is 1.22. The number of aromatic nitrogens is 2. The van der Waals surface area contributed by atoms with Gasteiger partial charge in [0.05, 0.1) is 5.56 Å². The quantitative estimate of drug-likeness (QED) is 0.846. The molecule has 0 bridgehead atoms. The largest absolute Gasteiger partial charge is 0.365 e. The number of aryl methyl sites for hydroxylation is 1. The molecule has 2 heterocycles. The molecule has 0 saturated heterocycles. The first-order chi connectivity index (χ1) is 7.66. The fourth-order valence-corrected chi connectivity index (χ4v) is 1.88. The van der Waals surface area contributed by atoms with Gasteiger partial charge in [-0.25, -0.2) is 9.97 Å². The van der Waals surface area contributed by atoms with Crippen LogP contribution in [0, 0.1) is 6.92 Å². The number of hydrogen-bond donors (Lipinski definition) is 2. The van der Waals surface area contributed by atoms with E-state index in [9.17, 15) is 4.79 Å². The van der Waals surface area contributed by atoms with Crippen molar-refractivity contribution >= 4 is 28.2 Å². The highest BCUT2D eigenvalue weighted by Gasteiger charge is 2.09. The molecule has 0 unspecified atom stereocenters. The van der Waals surface area contributed by atoms with Crippen molar-refractivity contribution in [3.05, 3.63) is 35.0 Å². The van der Waals surface area contributed by atoms with E-state index in [2.05, 4.69) is 15.3 Å². The molecular weight excluding hydrogens is 224 g/mol. The Hall–Kier alpha value is -1.95. The fraction of sp³-hybridized carbons (Fsp3) is 0.100. The van der Waals surface area contributed by atoms with E-state index in [0.717, 1.165) is 4.88 Å². The highest BCUT2D eigenvalue weighted by Crippen LogP contribution is 2.22. The number of nitrogens with two attached hydrogens (primary N) is 1. The first-order valence-corrected chi connectivity index (χ1v) is 5.43. The maximum atomic E-state index is 11.1. The zero-order chi connectivity index (χ0) is 11.5. The summed E-state index contributed by atoms with van der Waals surface area (Å²) in [5.41, 5.74) is 5.59. The van der Waals surface area contributed by atoms with Crippen molar-refractivity contribution in [2.45, 2.75) is 6.92 Å². The van der Waals surface area contributed by atoms with Crippen molar-refractivity contribution in [1.82, 2.24) is 9.97 Å². The molecule has 0 saturated carbocycles. The Labute approximate surface area is 96.3 Å². The van der Waals surface area contributed by atoms with Crippen LogP contribution in [0.5, 0.6) is 0 Å². The zero-order valence-corrected chi connectivity index (χ0v) is 9.41. The van der Waals surface area contributed by atoms with Crippen molar-refractivity contribution in [1.29, 1.82) is 0 Å². The first-order valence-electron chi connectivity index (χ1n) is 4.61. The summed E-state index contributed by atoms with van der Waals surface area (Å²) in [6.45, 7) is 1.95. The van der Waals surface area contributed by atoms with Crippen molar-refractivity contribution < 1.29 is 4.79 Å². The van der Waals surface area contributed by atoms with Crippen molar-refractivity contribution in [2.75, 3.05) is 5.32 Å². The minimum Gasteiger partial charge on any atom is -0.365 e. The van der Waals surface area contributed by atoms with Crippen LogP contribution in [0.1, 0.15) is 15.2 Å². The van der Waals surface area contributed by atoms with Gasteiger partial charge in [0.2, 0.25) is 0 Å². The second-order valence-corrected chi connectivity index (χ2v) is 4.40. The van der Waals surface area contributed by atoms with Crippen LogP contribution in [0.3, 0.4) is 0 Å². The molecule has 2 aromatic heterocycles. The van der Waals surface area contributed by atoms with E-state index in [4.69, 9.17) is 5.73 Å². The van der Waals surface area contributed by atoms with Crippen molar-refractivity contribution in [2.24, 2.45) is 5.73 Å². The second-order valence-electron chi connectivity index (χ2n) is 3.16. The Kier molecular flexibility index (Phi) is 2.82. The minimum atomic E-state index is -0.510. The first kappa shape index (κ1) is 10.6. The van der Waals surface area contributed by atoms with E-state index >= 15 is 0 Å². The van der Waals surface area contributed by atoms with Gasteiger partial charge in [0.1, 0.15) is 5.82 Å². The Balaban J connectivity index is 2.31. The summed E-state index contributed by atoms with van der Waals surface area (Å²) < 4.78 is 0. The number of nitrogens with one attached hydrogen (secondary N) is 1. The zero-order valence-electron chi connectivity index (χ0n) is 8.60. The van der Waals surface area contributed by atoms with Gasteiger partial charge in [0, 0.05) is 17.3 Å². The number of amides is 1. The van der Waals surface area contributed by atoms with E-state index in [1.54, 1.807) is 24.5 Å². The van der Waals surface area contributed by atoms with Crippen molar-refractivity contribution in [3.63, 3.8) is 0 Å². The number of pyridine rings is 1. The van der Waals surface area contributed by atoms with Crippen LogP contribution >= 0.6 is 11.3 Å². The van der Waals surface area contributed by atoms with Crippen LogP contribution in [0.4, 0.5) is 10.9 Å². The SMILES string of the molecule is Cc1cnc(Nc2ncccc2C(N)=O)s1. The summed E-state index contributed by atoms with van der Waals surface area (Å²) in [7, 11) is 0. The molecule has 16 heavy (non-hydrogen) atoms. The molecule has 0 aliphatic heterocycles. The van der Waals surface area contributed by atoms with E-state index < -0.39 is 5.91 Å². The van der Waals surface area contributed by atoms with Crippen LogP contribution < -0.4 is 11.1 Å². The van der Waals surface area contributed by atoms with Crippen LogP contribution in [0.15, 0.2) is 24.5 Å². The third-order valence-corrected chi connectivity index (χ3v) is 2.75. The van der Waals surface area contributed by atoms with Gasteiger partial charge in [-0.3, -0.25) is 4.79 Å². The minimum absolute atomic E-state index is 0.357. The molecule has 2 rings (SSSR count). The number of carbonyl (C=O) groups is 1. The second kappa shape index (κ2) is 4.28. The van der Waals surface area contributed by atoms with E-state index in [-0.39, 0.29) is 0 Å². The number of nitrogens with zero attached hydrogens (tertiary/aromatic N) is 2. The Morgan fingerprint density at radius 2 is 2.31 bits per heavy atom. The van der Waals surface area contributed by atoms with Crippen LogP contribution in [0.25, 0.3) is 0 Å². The number of hydrogen-bond acceptors (Lipinski definition) is 5. The summed E-state index contributed by atoms with van der Waals surface area (Å²) in [4.78, 5) is 20.4. The van der Waals surface area contributed by atoms with Crippen molar-refractivity contribution in [3.8, 4) is 0 Å². The molecule has 0 aliphatic rings. The standard InChI is InChI=1S/C10H10N4OS/c1-6-5-13-10(16-6)14-9-7(8(11)15)3-2-4-12-9/h2-5H,1H3,(H2,11,15)(H,12,13,14). The molecule has 0 aliphatic carbocycles. The lowest BCUT2D eigenvalue weighted by Crippen LogP contribution is -2.13. The molecule has 0 fully saturated rings. The summed E-state index contributed by atoms with van der Waals surface area (Å²) in [6, 6.07) is 3.29. The molecule has 2 aromatic rings. The number of rotatable bonds is 3. The molecule has 5 nitrogen and oxygen atoms in total. The van der Waals surface area contributed by atoms with Gasteiger partial charge in [-0.05, 0) is 19.1 Å². The Morgan fingerprint density at radius 1 is 1.50 bits per heavy atom. The Morgan fingerprint density at radius 3 is 2.94 bits per heavy atom. The van der Waals surface area contributed by atoms with E-state index in [0.29, 0.717) is 16.5 Å². The molecule has 1 amide bonds. The predicted octanol–water partition coefficient (Wildman–Crippen LogP) is 1.69. The van der Waals surface area contributed by atoms with Gasteiger partial charge in [-0.1, -0.05) is 0 Å². The molecule has 0 atom stereocenters. The van der Waals surface area contributed by atoms with Crippen LogP contribution in [-0.2, 0) is 0 Å². The average molecular weight is 234 g/mol. The van der Waals surface area contributed by atoms with E-state index in [1.807, 2.05) is 6.92 Å². The lowest BCUT2D eigenvalue weighted by molar-refractivity contribution is 0.100. The van der Waals surface area contributed by atoms with Gasteiger partial charge in [-0.2, -0.15) is 0 Å². The lowest BCUT2D eigenvalue weighted by atomic mass is 10.2. The number of thiazole rings is 1. The molecule has 3 N–H and O–H groups in total. The summed E-state index contributed by atoms with van der Waals surface area (Å²) in [5, 5.41) is 3.66. The van der Waals surface area contributed by atoms with E-state index in [1.165, 1.54) is 11.3 Å². The summed E-state index contributed by atoms with van der Waals surface area (Å²) in [5.74, 6) is -0.0757. The summed E-state index contributed by atoms with van der Waals surface area (Å²) in [6.07, 6.45) is 3.34. The highest BCUT2D eigenvalue weighted by atomic mass is 32.1. The average Bonchev–Trinajstić information content (AvgIpc) is 2.64. The Bertz CT molecular complexity index is 523. The highest BCUT2D eigenvalue weighted by molar-refractivity contribution is 7.15. The number of carbonyl (C=O) groups excluding carboxylic acids is 1. The monoisotopic (exact) mass is 234 g/mol. The number of primary amides is 1. The molecule has 0 spiro atoms. The smallest absolute Gasteiger partial charge is 0.252 e. The maximum Gasteiger partial charge on any atom is 0.252 e. The normalized spacial score (nSPS) is 10.1. The van der Waals surface area contributed by atoms with Gasteiger partial charge in [0.25, 0.3) is 5.91 Å². The molecule has 6 heteroatoms. The lowest BCUT2D eigenvalue weighted by Gasteiger charge is -2.04. The van der Waals surface area contributed by atoms with Gasteiger partial charge in [-0.15, -0.1) is 11.3 Å². The number of anilines is 2. The molecule has 0 radical (unpaired) electrons. The predicted molar refractivity (Wildman–Crippen MR) is 62.9 cm³/mol. The summed E-state index contributed by atoms with van der Waals surface area (Å²) >= 11 is 1.49. The van der Waals surface area contributed by atoms with Gasteiger partial charge < -0.3 is 11.1 Å². The maximum absolute atomic E-state index is 11.1. The molecular formula is C10H10N4OS. The molecule has 0 aromatic carbocycles. The van der Waals surface area contributed by atoms with Gasteiger partial charge >= 0.3 is 0 Å². The third-order valence-electron chi connectivity index (χ3n) is 1.92. The van der Waals surface area contributed by atoms with Crippen LogP contribution in [0.2, 0.25) is 0 Å². The topological polar surface area (TPSA) is 80.9 Å². The van der Waals surface area contributed by atoms with Gasteiger partial charge in [0.15, 0.2) is 5.13 Å².